The number of aryl methyl sites for hydroxylation is 2. The summed E-state index contributed by atoms with van der Waals surface area (Å²) < 4.78 is 11.8. The number of hydrogen-bond acceptors (Lipinski definition) is 6. The lowest BCUT2D eigenvalue weighted by Crippen LogP contribution is -1.97. The van der Waals surface area contributed by atoms with E-state index in [9.17, 15) is 9.59 Å². The van der Waals surface area contributed by atoms with Crippen LogP contribution in [0.15, 0.2) is 93.8 Å². The van der Waals surface area contributed by atoms with Gasteiger partial charge in [0, 0.05) is 24.0 Å². The van der Waals surface area contributed by atoms with Crippen molar-refractivity contribution in [3.05, 3.63) is 107 Å². The van der Waals surface area contributed by atoms with Gasteiger partial charge in [0.1, 0.15) is 11.0 Å². The molecule has 42 heavy (non-hydrogen) atoms. The highest BCUT2D eigenvalue weighted by Gasteiger charge is 2.11. The molecule has 6 aromatic rings. The first-order chi connectivity index (χ1) is 20.4. The van der Waals surface area contributed by atoms with Gasteiger partial charge in [-0.15, -0.1) is 0 Å². The van der Waals surface area contributed by atoms with E-state index in [1.165, 1.54) is 0 Å². The number of hydrogen-bond donors (Lipinski definition) is 2. The zero-order valence-corrected chi connectivity index (χ0v) is 22.5. The molecule has 0 atom stereocenters. The van der Waals surface area contributed by atoms with E-state index in [2.05, 4.69) is 9.97 Å². The molecule has 4 aromatic carbocycles. The number of aliphatic carboxylic acids is 2. The summed E-state index contributed by atoms with van der Waals surface area (Å²) >= 11 is 0. The third kappa shape index (κ3) is 6.13. The largest absolute Gasteiger partial charge is 0.481 e. The number of oxazole rings is 2. The Labute approximate surface area is 240 Å². The molecule has 0 unspecified atom stereocenters. The monoisotopic (exact) mass is 558 g/mol. The van der Waals surface area contributed by atoms with Crippen LogP contribution in [0.3, 0.4) is 0 Å². The van der Waals surface area contributed by atoms with Crippen molar-refractivity contribution in [3.8, 4) is 22.9 Å². The summed E-state index contributed by atoms with van der Waals surface area (Å²) in [6.45, 7) is 0. The fraction of sp³-hybridized carbons (Fsp3) is 0.118. The highest BCUT2D eigenvalue weighted by Crippen LogP contribution is 2.28. The second-order valence-electron chi connectivity index (χ2n) is 10.0. The van der Waals surface area contributed by atoms with Gasteiger partial charge in [-0.1, -0.05) is 48.6 Å². The molecule has 2 aromatic heterocycles. The van der Waals surface area contributed by atoms with E-state index in [0.717, 1.165) is 33.4 Å². The highest BCUT2D eigenvalue weighted by molar-refractivity contribution is 5.79. The molecule has 0 aliphatic carbocycles. The van der Waals surface area contributed by atoms with Crippen molar-refractivity contribution in [1.29, 1.82) is 0 Å². The number of carbonyl (C=O) groups is 2. The Morgan fingerprint density at radius 1 is 0.595 bits per heavy atom. The smallest absolute Gasteiger partial charge is 0.303 e. The van der Waals surface area contributed by atoms with Gasteiger partial charge in [-0.05, 0) is 83.6 Å². The first-order valence-electron chi connectivity index (χ1n) is 13.5. The Bertz CT molecular complexity index is 1790. The Balaban J connectivity index is 1.11. The molecular formula is C34H26N2O6. The molecule has 6 rings (SSSR count). The Morgan fingerprint density at radius 2 is 1.00 bits per heavy atom. The SMILES string of the molecule is O=C(O)CCc1ccc2oc(-c3ccc(C=Cc4ccc(-c5nc6cc(CCC(=O)O)ccc6o5)cc4)cc3)nc2c1. The molecule has 0 radical (unpaired) electrons. The van der Waals surface area contributed by atoms with E-state index in [1.54, 1.807) is 0 Å². The third-order valence-corrected chi connectivity index (χ3v) is 6.94. The normalized spacial score (nSPS) is 11.5. The number of fused-ring (bicyclic) bond motifs is 2. The number of rotatable bonds is 10. The van der Waals surface area contributed by atoms with Crippen LogP contribution >= 0.6 is 0 Å². The van der Waals surface area contributed by atoms with E-state index in [4.69, 9.17) is 19.0 Å². The second kappa shape index (κ2) is 11.5. The molecule has 0 saturated carbocycles. The van der Waals surface area contributed by atoms with Crippen LogP contribution in [-0.2, 0) is 22.4 Å². The van der Waals surface area contributed by atoms with Crippen LogP contribution in [0.5, 0.6) is 0 Å². The zero-order valence-electron chi connectivity index (χ0n) is 22.5. The minimum absolute atomic E-state index is 0.0767. The third-order valence-electron chi connectivity index (χ3n) is 6.94. The molecule has 2 heterocycles. The topological polar surface area (TPSA) is 127 Å². The van der Waals surface area contributed by atoms with Crippen LogP contribution < -0.4 is 0 Å². The van der Waals surface area contributed by atoms with Gasteiger partial charge >= 0.3 is 11.9 Å². The molecule has 2 N–H and O–H groups in total. The van der Waals surface area contributed by atoms with Crippen LogP contribution in [0.2, 0.25) is 0 Å². The molecule has 0 saturated heterocycles. The number of nitrogens with zero attached hydrogens (tertiary/aromatic N) is 2. The van der Waals surface area contributed by atoms with E-state index in [1.807, 2.05) is 97.1 Å². The summed E-state index contributed by atoms with van der Waals surface area (Å²) in [6, 6.07) is 27.0. The number of carboxylic acids is 2. The molecule has 0 aliphatic heterocycles. The summed E-state index contributed by atoms with van der Waals surface area (Å²) in [5.74, 6) is -0.618. The van der Waals surface area contributed by atoms with Gasteiger partial charge in [0.15, 0.2) is 11.2 Å². The molecule has 0 aliphatic rings. The van der Waals surface area contributed by atoms with Gasteiger partial charge < -0.3 is 19.0 Å². The first-order valence-corrected chi connectivity index (χ1v) is 13.5. The molecule has 0 bridgehead atoms. The fourth-order valence-electron chi connectivity index (χ4n) is 4.67. The average molecular weight is 559 g/mol. The quantitative estimate of drug-likeness (QED) is 0.165. The van der Waals surface area contributed by atoms with Crippen LogP contribution in [0.25, 0.3) is 57.3 Å². The zero-order chi connectivity index (χ0) is 29.1. The van der Waals surface area contributed by atoms with Crippen molar-refractivity contribution in [2.45, 2.75) is 25.7 Å². The Kier molecular flexibility index (Phi) is 7.34. The number of carboxylic acid groups (broad SMARTS) is 2. The lowest BCUT2D eigenvalue weighted by molar-refractivity contribution is -0.138. The van der Waals surface area contributed by atoms with Crippen molar-refractivity contribution < 1.29 is 28.6 Å². The summed E-state index contributed by atoms with van der Waals surface area (Å²) in [6.07, 6.45) is 5.11. The van der Waals surface area contributed by atoms with Crippen molar-refractivity contribution >= 4 is 46.3 Å². The number of benzene rings is 4. The maximum absolute atomic E-state index is 10.9. The van der Waals surface area contributed by atoms with Gasteiger partial charge in [0.05, 0.1) is 0 Å². The van der Waals surface area contributed by atoms with Crippen molar-refractivity contribution in [1.82, 2.24) is 9.97 Å². The van der Waals surface area contributed by atoms with Gasteiger partial charge in [-0.2, -0.15) is 0 Å². The predicted octanol–water partition coefficient (Wildman–Crippen LogP) is 7.51. The van der Waals surface area contributed by atoms with Gasteiger partial charge in [0.2, 0.25) is 11.8 Å². The lowest BCUT2D eigenvalue weighted by Gasteiger charge is -1.99. The number of aromatic nitrogens is 2. The van der Waals surface area contributed by atoms with Crippen molar-refractivity contribution in [2.24, 2.45) is 0 Å². The van der Waals surface area contributed by atoms with Crippen LogP contribution in [-0.4, -0.2) is 32.1 Å². The summed E-state index contributed by atoms with van der Waals surface area (Å²) in [5.41, 5.74) is 8.31. The van der Waals surface area contributed by atoms with Gasteiger partial charge in [-0.25, -0.2) is 9.97 Å². The average Bonchev–Trinajstić information content (AvgIpc) is 3.62. The lowest BCUT2D eigenvalue weighted by atomic mass is 10.1. The van der Waals surface area contributed by atoms with E-state index >= 15 is 0 Å². The van der Waals surface area contributed by atoms with Crippen LogP contribution in [0.4, 0.5) is 0 Å². The highest BCUT2D eigenvalue weighted by atomic mass is 16.4. The molecule has 8 heteroatoms. The van der Waals surface area contributed by atoms with E-state index < -0.39 is 11.9 Å². The molecule has 8 nitrogen and oxygen atoms in total. The summed E-state index contributed by atoms with van der Waals surface area (Å²) in [7, 11) is 0. The summed E-state index contributed by atoms with van der Waals surface area (Å²) in [4.78, 5) is 30.9. The fourth-order valence-corrected chi connectivity index (χ4v) is 4.67. The molecule has 0 fully saturated rings. The Morgan fingerprint density at radius 3 is 1.38 bits per heavy atom. The standard InChI is InChI=1S/C34H26N2O6/c37-31(38)17-9-23-7-15-29-27(19-23)35-33(41-29)25-11-3-21(4-12-25)1-2-22-5-13-26(14-6-22)34-36-28-20-24(10-18-32(39)40)8-16-30(28)42-34/h1-8,11-16,19-20H,9-10,17-18H2,(H,37,38)(H,39,40). The first kappa shape index (κ1) is 26.7. The maximum atomic E-state index is 10.9. The minimum Gasteiger partial charge on any atom is -0.481 e. The van der Waals surface area contributed by atoms with Crippen molar-refractivity contribution in [2.75, 3.05) is 0 Å². The van der Waals surface area contributed by atoms with Crippen LogP contribution in [0.1, 0.15) is 35.1 Å². The van der Waals surface area contributed by atoms with Gasteiger partial charge in [0.25, 0.3) is 0 Å². The summed E-state index contributed by atoms with van der Waals surface area (Å²) in [5, 5.41) is 17.8. The predicted molar refractivity (Wildman–Crippen MR) is 160 cm³/mol. The van der Waals surface area contributed by atoms with E-state index in [-0.39, 0.29) is 12.8 Å². The maximum Gasteiger partial charge on any atom is 0.303 e. The molecule has 0 amide bonds. The van der Waals surface area contributed by atoms with Gasteiger partial charge in [-0.3, -0.25) is 9.59 Å². The Hall–Kier alpha value is -5.50. The van der Waals surface area contributed by atoms with Crippen LogP contribution in [0, 0.1) is 0 Å². The molecular weight excluding hydrogens is 532 g/mol. The van der Waals surface area contributed by atoms with Crippen molar-refractivity contribution in [3.63, 3.8) is 0 Å². The molecule has 208 valence electrons. The second-order valence-corrected chi connectivity index (χ2v) is 10.0. The van der Waals surface area contributed by atoms with E-state index in [0.29, 0.717) is 46.8 Å². The minimum atomic E-state index is -0.825. The molecule has 0 spiro atoms.